The Labute approximate surface area is 146 Å². The van der Waals surface area contributed by atoms with Crippen LogP contribution in [0.3, 0.4) is 0 Å². The number of carbonyl (C=O) groups is 2. The summed E-state index contributed by atoms with van der Waals surface area (Å²) in [4.78, 5) is 29.4. The third-order valence-corrected chi connectivity index (χ3v) is 5.07. The van der Waals surface area contributed by atoms with Crippen LogP contribution in [-0.4, -0.2) is 71.6 Å². The predicted octanol–water partition coefficient (Wildman–Crippen LogP) is 0.848. The third-order valence-electron chi connectivity index (χ3n) is 5.07. The van der Waals surface area contributed by atoms with E-state index in [2.05, 4.69) is 0 Å². The van der Waals surface area contributed by atoms with E-state index in [4.69, 9.17) is 0 Å². The highest BCUT2D eigenvalue weighted by Crippen LogP contribution is 2.26. The van der Waals surface area contributed by atoms with E-state index in [1.807, 2.05) is 4.90 Å². The van der Waals surface area contributed by atoms with Crippen molar-refractivity contribution in [1.82, 2.24) is 9.80 Å². The van der Waals surface area contributed by atoms with Gasteiger partial charge in [0, 0.05) is 39.6 Å². The van der Waals surface area contributed by atoms with Crippen molar-refractivity contribution in [3.8, 4) is 0 Å². The van der Waals surface area contributed by atoms with Crippen molar-refractivity contribution in [2.24, 2.45) is 0 Å². The molecule has 2 aliphatic rings. The van der Waals surface area contributed by atoms with E-state index in [1.54, 1.807) is 23.1 Å². The number of anilines is 1. The normalized spacial score (nSPS) is 24.4. The summed E-state index contributed by atoms with van der Waals surface area (Å²) in [5, 5.41) is 10.8. The molecule has 6 nitrogen and oxygen atoms in total. The Morgan fingerprint density at radius 1 is 1.08 bits per heavy atom. The number of carbonyl (C=O) groups excluding carboxylic acids is 2. The Morgan fingerprint density at radius 2 is 1.76 bits per heavy atom. The Morgan fingerprint density at radius 3 is 2.40 bits per heavy atom. The lowest BCUT2D eigenvalue weighted by molar-refractivity contribution is -0.160. The Kier molecular flexibility index (Phi) is 4.94. The van der Waals surface area contributed by atoms with E-state index in [0.717, 1.165) is 0 Å². The molecule has 0 radical (unpaired) electrons. The van der Waals surface area contributed by atoms with Crippen LogP contribution in [-0.2, 0) is 9.59 Å². The first-order valence-electron chi connectivity index (χ1n) is 8.67. The second-order valence-corrected chi connectivity index (χ2v) is 6.81. The van der Waals surface area contributed by atoms with Crippen molar-refractivity contribution >= 4 is 17.5 Å². The standard InChI is InChI=1S/C18H24FN3O3/c1-14(23)22-8-4-7-18(25,13-22)17(24)21-11-9-20(10-12-21)16-6-3-2-5-15(16)19/h2-3,5-6,25H,4,7-13H2,1H3/t18-/m0/s1. The molecule has 3 rings (SSSR count). The van der Waals surface area contributed by atoms with Crippen molar-refractivity contribution in [2.75, 3.05) is 44.2 Å². The number of para-hydroxylation sites is 1. The zero-order chi connectivity index (χ0) is 18.0. The van der Waals surface area contributed by atoms with Crippen molar-refractivity contribution in [2.45, 2.75) is 25.4 Å². The minimum absolute atomic E-state index is 0.0503. The van der Waals surface area contributed by atoms with Gasteiger partial charge in [-0.15, -0.1) is 0 Å². The first-order chi connectivity index (χ1) is 11.9. The fraction of sp³-hybridized carbons (Fsp3) is 0.556. The van der Waals surface area contributed by atoms with Gasteiger partial charge in [-0.2, -0.15) is 0 Å². The zero-order valence-electron chi connectivity index (χ0n) is 14.4. The van der Waals surface area contributed by atoms with E-state index in [0.29, 0.717) is 51.3 Å². The quantitative estimate of drug-likeness (QED) is 0.860. The highest BCUT2D eigenvalue weighted by atomic mass is 19.1. The van der Waals surface area contributed by atoms with Crippen LogP contribution in [0.15, 0.2) is 24.3 Å². The SMILES string of the molecule is CC(=O)N1CCC[C@@](O)(C(=O)N2CCN(c3ccccc3F)CC2)C1. The number of aliphatic hydroxyl groups is 1. The maximum atomic E-state index is 13.9. The smallest absolute Gasteiger partial charge is 0.256 e. The van der Waals surface area contributed by atoms with Crippen LogP contribution >= 0.6 is 0 Å². The summed E-state index contributed by atoms with van der Waals surface area (Å²) >= 11 is 0. The molecule has 0 spiro atoms. The number of nitrogens with zero attached hydrogens (tertiary/aromatic N) is 3. The minimum Gasteiger partial charge on any atom is -0.378 e. The molecule has 0 bridgehead atoms. The monoisotopic (exact) mass is 349 g/mol. The van der Waals surface area contributed by atoms with E-state index in [-0.39, 0.29) is 24.2 Å². The second-order valence-electron chi connectivity index (χ2n) is 6.81. The summed E-state index contributed by atoms with van der Waals surface area (Å²) < 4.78 is 13.9. The molecule has 2 aliphatic heterocycles. The molecular weight excluding hydrogens is 325 g/mol. The van der Waals surface area contributed by atoms with Crippen molar-refractivity contribution in [3.63, 3.8) is 0 Å². The highest BCUT2D eigenvalue weighted by Gasteiger charge is 2.44. The summed E-state index contributed by atoms with van der Waals surface area (Å²) in [6, 6.07) is 6.59. The first kappa shape index (κ1) is 17.7. The Bertz CT molecular complexity index is 661. The van der Waals surface area contributed by atoms with Crippen LogP contribution < -0.4 is 4.90 Å². The van der Waals surface area contributed by atoms with Gasteiger partial charge in [-0.3, -0.25) is 9.59 Å². The second kappa shape index (κ2) is 7.00. The molecule has 1 aromatic rings. The maximum Gasteiger partial charge on any atom is 0.256 e. The average Bonchev–Trinajstić information content (AvgIpc) is 2.62. The lowest BCUT2D eigenvalue weighted by Gasteiger charge is -2.43. The fourth-order valence-electron chi connectivity index (χ4n) is 3.63. The van der Waals surface area contributed by atoms with Crippen LogP contribution in [0.2, 0.25) is 0 Å². The summed E-state index contributed by atoms with van der Waals surface area (Å²) in [6.07, 6.45) is 0.972. The number of piperazine rings is 1. The van der Waals surface area contributed by atoms with E-state index < -0.39 is 5.60 Å². The molecule has 2 heterocycles. The molecule has 136 valence electrons. The van der Waals surface area contributed by atoms with Crippen LogP contribution in [0.5, 0.6) is 0 Å². The third kappa shape index (κ3) is 3.61. The molecule has 2 fully saturated rings. The molecule has 1 aromatic carbocycles. The van der Waals surface area contributed by atoms with Gasteiger partial charge in [-0.1, -0.05) is 12.1 Å². The summed E-state index contributed by atoms with van der Waals surface area (Å²) in [7, 11) is 0. The summed E-state index contributed by atoms with van der Waals surface area (Å²) in [6.45, 7) is 3.95. The Hall–Kier alpha value is -2.15. The molecule has 2 amide bonds. The van der Waals surface area contributed by atoms with Gasteiger partial charge >= 0.3 is 0 Å². The molecule has 7 heteroatoms. The van der Waals surface area contributed by atoms with Gasteiger partial charge in [0.15, 0.2) is 5.60 Å². The van der Waals surface area contributed by atoms with Gasteiger partial charge in [0.25, 0.3) is 5.91 Å². The molecule has 0 unspecified atom stereocenters. The van der Waals surface area contributed by atoms with Crippen LogP contribution in [0.25, 0.3) is 0 Å². The summed E-state index contributed by atoms with van der Waals surface area (Å²) in [5.74, 6) is -0.729. The van der Waals surface area contributed by atoms with E-state index in [9.17, 15) is 19.1 Å². The van der Waals surface area contributed by atoms with Crippen molar-refractivity contribution < 1.29 is 19.1 Å². The maximum absolute atomic E-state index is 13.9. The number of benzene rings is 1. The lowest BCUT2D eigenvalue weighted by Crippen LogP contribution is -2.61. The van der Waals surface area contributed by atoms with Gasteiger partial charge in [0.05, 0.1) is 12.2 Å². The number of β-amino-alcohol motifs (C(OH)–C–C–N with tert-alkyl or cyclic N) is 1. The number of hydrogen-bond donors (Lipinski definition) is 1. The van der Waals surface area contributed by atoms with Crippen molar-refractivity contribution in [3.05, 3.63) is 30.1 Å². The molecule has 1 atom stereocenters. The van der Waals surface area contributed by atoms with Crippen molar-refractivity contribution in [1.29, 1.82) is 0 Å². The molecular formula is C18H24FN3O3. The minimum atomic E-state index is -1.51. The topological polar surface area (TPSA) is 64.1 Å². The van der Waals surface area contributed by atoms with E-state index >= 15 is 0 Å². The fourth-order valence-corrected chi connectivity index (χ4v) is 3.63. The van der Waals surface area contributed by atoms with Crippen LogP contribution in [0.4, 0.5) is 10.1 Å². The number of piperidine rings is 1. The summed E-state index contributed by atoms with van der Waals surface area (Å²) in [5.41, 5.74) is -0.974. The van der Waals surface area contributed by atoms with E-state index in [1.165, 1.54) is 17.9 Å². The first-order valence-corrected chi connectivity index (χ1v) is 8.67. The zero-order valence-corrected chi connectivity index (χ0v) is 14.4. The molecule has 25 heavy (non-hydrogen) atoms. The molecule has 0 aliphatic carbocycles. The number of likely N-dealkylation sites (tertiary alicyclic amines) is 1. The number of halogens is 1. The van der Waals surface area contributed by atoms with Gasteiger partial charge < -0.3 is 19.8 Å². The largest absolute Gasteiger partial charge is 0.378 e. The molecule has 0 aromatic heterocycles. The average molecular weight is 349 g/mol. The number of rotatable bonds is 2. The van der Waals surface area contributed by atoms with Gasteiger partial charge in [0.2, 0.25) is 5.91 Å². The molecule has 2 saturated heterocycles. The molecule has 0 saturated carbocycles. The van der Waals surface area contributed by atoms with Gasteiger partial charge in [-0.25, -0.2) is 4.39 Å². The lowest BCUT2D eigenvalue weighted by atomic mass is 9.91. The van der Waals surface area contributed by atoms with Crippen LogP contribution in [0, 0.1) is 5.82 Å². The van der Waals surface area contributed by atoms with Gasteiger partial charge in [-0.05, 0) is 25.0 Å². The number of amides is 2. The highest BCUT2D eigenvalue weighted by molar-refractivity contribution is 5.86. The van der Waals surface area contributed by atoms with Crippen LogP contribution in [0.1, 0.15) is 19.8 Å². The predicted molar refractivity (Wildman–Crippen MR) is 91.6 cm³/mol. The Balaban J connectivity index is 1.63. The number of hydrogen-bond acceptors (Lipinski definition) is 4. The van der Waals surface area contributed by atoms with Gasteiger partial charge in [0.1, 0.15) is 5.82 Å². The molecule has 1 N–H and O–H groups in total.